The minimum Gasteiger partial charge on any atom is -0.485 e. The predicted molar refractivity (Wildman–Crippen MR) is 65.7 cm³/mol. The van der Waals surface area contributed by atoms with Gasteiger partial charge in [0.25, 0.3) is 0 Å². The van der Waals surface area contributed by atoms with Crippen LogP contribution in [0.2, 0.25) is 0 Å². The molecule has 0 fully saturated rings. The van der Waals surface area contributed by atoms with Crippen molar-refractivity contribution < 1.29 is 18.8 Å². The molecule has 1 aromatic heterocycles. The van der Waals surface area contributed by atoms with Crippen LogP contribution in [0.4, 0.5) is 0 Å². The van der Waals surface area contributed by atoms with Gasteiger partial charge in [0.15, 0.2) is 12.4 Å². The molecule has 0 aliphatic heterocycles. The molecule has 2 rings (SSSR count). The summed E-state index contributed by atoms with van der Waals surface area (Å²) >= 11 is 0. The Hall–Kier alpha value is -2.21. The Morgan fingerprint density at radius 2 is 2.11 bits per heavy atom. The number of methoxy groups -OCH3 is 1. The molecule has 1 aromatic carbocycles. The van der Waals surface area contributed by atoms with E-state index in [-0.39, 0.29) is 31.3 Å². The first-order chi connectivity index (χ1) is 9.28. The van der Waals surface area contributed by atoms with E-state index in [0.29, 0.717) is 5.82 Å². The van der Waals surface area contributed by atoms with E-state index >= 15 is 0 Å². The Morgan fingerprint density at radius 1 is 1.32 bits per heavy atom. The zero-order chi connectivity index (χ0) is 13.5. The lowest BCUT2D eigenvalue weighted by atomic mass is 10.3. The van der Waals surface area contributed by atoms with E-state index in [2.05, 4.69) is 10.1 Å². The van der Waals surface area contributed by atoms with E-state index in [4.69, 9.17) is 14.0 Å². The molecular weight excluding hydrogens is 248 g/mol. The van der Waals surface area contributed by atoms with Crippen LogP contribution in [-0.4, -0.2) is 29.6 Å². The lowest BCUT2D eigenvalue weighted by Gasteiger charge is -2.01. The summed E-state index contributed by atoms with van der Waals surface area (Å²) < 4.78 is 15.1. The number of ether oxygens (including phenoxy) is 2. The summed E-state index contributed by atoms with van der Waals surface area (Å²) in [6, 6.07) is 9.33. The molecule has 0 radical (unpaired) electrons. The van der Waals surface area contributed by atoms with Gasteiger partial charge in [-0.15, -0.1) is 0 Å². The van der Waals surface area contributed by atoms with Gasteiger partial charge in [-0.05, 0) is 12.1 Å². The van der Waals surface area contributed by atoms with E-state index in [1.165, 1.54) is 7.11 Å². The van der Waals surface area contributed by atoms with Crippen LogP contribution >= 0.6 is 0 Å². The molecule has 1 heterocycles. The molecule has 0 aliphatic rings. The van der Waals surface area contributed by atoms with Crippen molar-refractivity contribution in [3.63, 3.8) is 0 Å². The highest BCUT2D eigenvalue weighted by molar-refractivity contribution is 5.81. The number of nitrogens with zero attached hydrogens (tertiary/aromatic N) is 2. The molecule has 19 heavy (non-hydrogen) atoms. The summed E-state index contributed by atoms with van der Waals surface area (Å²) in [5.74, 6) is 1.30. The molecule has 0 saturated heterocycles. The predicted octanol–water partition coefficient (Wildman–Crippen LogP) is 1.41. The molecule has 0 saturated carbocycles. The summed E-state index contributed by atoms with van der Waals surface area (Å²) in [7, 11) is 1.46. The van der Waals surface area contributed by atoms with Gasteiger partial charge in [-0.3, -0.25) is 4.79 Å². The second-order valence-corrected chi connectivity index (χ2v) is 3.85. The smallest absolute Gasteiger partial charge is 0.234 e. The highest BCUT2D eigenvalue weighted by Gasteiger charge is 2.11. The maximum Gasteiger partial charge on any atom is 0.234 e. The average molecular weight is 262 g/mol. The first kappa shape index (κ1) is 13.2. The molecule has 0 unspecified atom stereocenters. The van der Waals surface area contributed by atoms with Crippen molar-refractivity contribution >= 4 is 5.78 Å². The van der Waals surface area contributed by atoms with Crippen LogP contribution in [0, 0.1) is 0 Å². The number of carbonyl (C=O) groups excluding carboxylic acids is 1. The van der Waals surface area contributed by atoms with E-state index < -0.39 is 0 Å². The number of para-hydroxylation sites is 1. The van der Waals surface area contributed by atoms with E-state index in [9.17, 15) is 4.79 Å². The number of ketones is 1. The molecule has 6 heteroatoms. The van der Waals surface area contributed by atoms with Crippen molar-refractivity contribution in [2.45, 2.75) is 13.0 Å². The summed E-state index contributed by atoms with van der Waals surface area (Å²) in [6.07, 6.45) is 0.0756. The standard InChI is InChI=1S/C13H14N2O4/c1-17-8-10(16)7-13-14-12(15-19-13)9-18-11-5-3-2-4-6-11/h2-6H,7-9H2,1H3. The Balaban J connectivity index is 1.85. The molecule has 100 valence electrons. The van der Waals surface area contributed by atoms with Crippen LogP contribution in [0.15, 0.2) is 34.9 Å². The number of hydrogen-bond acceptors (Lipinski definition) is 6. The quantitative estimate of drug-likeness (QED) is 0.751. The number of hydrogen-bond donors (Lipinski definition) is 0. The van der Waals surface area contributed by atoms with Gasteiger partial charge in [-0.25, -0.2) is 0 Å². The lowest BCUT2D eigenvalue weighted by Crippen LogP contribution is -2.10. The van der Waals surface area contributed by atoms with Gasteiger partial charge in [-0.2, -0.15) is 4.98 Å². The number of rotatable bonds is 7. The van der Waals surface area contributed by atoms with Crippen LogP contribution in [0.3, 0.4) is 0 Å². The van der Waals surface area contributed by atoms with Crippen LogP contribution in [0.5, 0.6) is 5.75 Å². The number of aromatic nitrogens is 2. The Bertz CT molecular complexity index is 524. The third kappa shape index (κ3) is 4.18. The number of Topliss-reactive ketones (excluding diaryl/α,β-unsaturated/α-hetero) is 1. The maximum atomic E-state index is 11.3. The summed E-state index contributed by atoms with van der Waals surface area (Å²) in [4.78, 5) is 15.4. The third-order valence-electron chi connectivity index (χ3n) is 2.28. The molecule has 6 nitrogen and oxygen atoms in total. The fourth-order valence-electron chi connectivity index (χ4n) is 1.47. The van der Waals surface area contributed by atoms with Crippen LogP contribution in [-0.2, 0) is 22.6 Å². The second kappa shape index (κ2) is 6.65. The maximum absolute atomic E-state index is 11.3. The minimum atomic E-state index is -0.110. The van der Waals surface area contributed by atoms with Crippen molar-refractivity contribution in [1.82, 2.24) is 10.1 Å². The molecule has 0 amide bonds. The number of carbonyl (C=O) groups is 1. The summed E-state index contributed by atoms with van der Waals surface area (Å²) in [5, 5.41) is 3.74. The van der Waals surface area contributed by atoms with Crippen molar-refractivity contribution in [1.29, 1.82) is 0 Å². The van der Waals surface area contributed by atoms with Gasteiger partial charge < -0.3 is 14.0 Å². The first-order valence-corrected chi connectivity index (χ1v) is 5.78. The van der Waals surface area contributed by atoms with Gasteiger partial charge >= 0.3 is 0 Å². The van der Waals surface area contributed by atoms with Gasteiger partial charge in [0.2, 0.25) is 11.7 Å². The summed E-state index contributed by atoms with van der Waals surface area (Å²) in [5.41, 5.74) is 0. The zero-order valence-corrected chi connectivity index (χ0v) is 10.5. The third-order valence-corrected chi connectivity index (χ3v) is 2.28. The molecule has 2 aromatic rings. The van der Waals surface area contributed by atoms with E-state index in [1.807, 2.05) is 30.3 Å². The molecule has 0 spiro atoms. The fourth-order valence-corrected chi connectivity index (χ4v) is 1.47. The van der Waals surface area contributed by atoms with E-state index in [1.54, 1.807) is 0 Å². The van der Waals surface area contributed by atoms with Crippen molar-refractivity contribution in [3.05, 3.63) is 42.0 Å². The molecule has 0 bridgehead atoms. The Labute approximate surface area is 110 Å². The van der Waals surface area contributed by atoms with Gasteiger partial charge in [0, 0.05) is 7.11 Å². The number of benzene rings is 1. The molecule has 0 aliphatic carbocycles. The molecule has 0 N–H and O–H groups in total. The zero-order valence-electron chi connectivity index (χ0n) is 10.5. The monoisotopic (exact) mass is 262 g/mol. The SMILES string of the molecule is COCC(=O)Cc1nc(COc2ccccc2)no1. The van der Waals surface area contributed by atoms with Crippen LogP contribution < -0.4 is 4.74 Å². The van der Waals surface area contributed by atoms with Crippen molar-refractivity contribution in [3.8, 4) is 5.75 Å². The Morgan fingerprint density at radius 3 is 2.84 bits per heavy atom. The van der Waals surface area contributed by atoms with Crippen molar-refractivity contribution in [2.75, 3.05) is 13.7 Å². The van der Waals surface area contributed by atoms with Crippen LogP contribution in [0.1, 0.15) is 11.7 Å². The largest absolute Gasteiger partial charge is 0.485 e. The minimum absolute atomic E-state index is 0.0399. The first-order valence-electron chi connectivity index (χ1n) is 5.78. The fraction of sp³-hybridized carbons (Fsp3) is 0.308. The molecular formula is C13H14N2O4. The average Bonchev–Trinajstić information content (AvgIpc) is 2.85. The highest BCUT2D eigenvalue weighted by Crippen LogP contribution is 2.10. The van der Waals surface area contributed by atoms with E-state index in [0.717, 1.165) is 5.75 Å². The second-order valence-electron chi connectivity index (χ2n) is 3.85. The highest BCUT2D eigenvalue weighted by atomic mass is 16.5. The van der Waals surface area contributed by atoms with Gasteiger partial charge in [0.05, 0.1) is 6.42 Å². The Kier molecular flexibility index (Phi) is 4.63. The normalized spacial score (nSPS) is 10.4. The lowest BCUT2D eigenvalue weighted by molar-refractivity contribution is -0.122. The van der Waals surface area contributed by atoms with Gasteiger partial charge in [-0.1, -0.05) is 23.4 Å². The summed E-state index contributed by atoms with van der Waals surface area (Å²) in [6.45, 7) is 0.240. The topological polar surface area (TPSA) is 74.5 Å². The van der Waals surface area contributed by atoms with Crippen LogP contribution in [0.25, 0.3) is 0 Å². The molecule has 0 atom stereocenters. The van der Waals surface area contributed by atoms with Crippen molar-refractivity contribution in [2.24, 2.45) is 0 Å². The van der Waals surface area contributed by atoms with Gasteiger partial charge in [0.1, 0.15) is 12.4 Å².